The minimum atomic E-state index is -4.76. The Hall–Kier alpha value is -1.83. The molecule has 0 amide bonds. The molecule has 8 heteroatoms. The number of benzene rings is 1. The van der Waals surface area contributed by atoms with Gasteiger partial charge < -0.3 is 10.6 Å². The largest absolute Gasteiger partial charge is 0.423 e. The van der Waals surface area contributed by atoms with Gasteiger partial charge in [-0.2, -0.15) is 13.2 Å². The second-order valence-corrected chi connectivity index (χ2v) is 5.04. The molecule has 5 nitrogen and oxygen atoms in total. The lowest BCUT2D eigenvalue weighted by Crippen LogP contribution is -2.44. The number of anilines is 1. The van der Waals surface area contributed by atoms with Crippen molar-refractivity contribution in [1.82, 2.24) is 0 Å². The highest BCUT2D eigenvalue weighted by atomic mass is 19.4. The standard InChI is InChI=1S/C13H16F3N3O2/c14-13(15,16)11-7-9(4-5-12(11)19(20)21)18-6-2-1-3-10(18)8-17/h4-5,7,10H,1-3,6,8,17H2. The van der Waals surface area contributed by atoms with Crippen LogP contribution in [0.15, 0.2) is 18.2 Å². The van der Waals surface area contributed by atoms with E-state index in [4.69, 9.17) is 5.73 Å². The molecule has 1 saturated heterocycles. The number of nitro groups is 1. The Kier molecular flexibility index (Phi) is 4.36. The van der Waals surface area contributed by atoms with Crippen LogP contribution in [-0.2, 0) is 6.18 Å². The molecule has 0 aromatic heterocycles. The smallest absolute Gasteiger partial charge is 0.367 e. The van der Waals surface area contributed by atoms with Crippen LogP contribution in [-0.4, -0.2) is 24.1 Å². The van der Waals surface area contributed by atoms with Crippen LogP contribution in [0.25, 0.3) is 0 Å². The van der Waals surface area contributed by atoms with Gasteiger partial charge in [0.2, 0.25) is 0 Å². The Morgan fingerprint density at radius 3 is 2.67 bits per heavy atom. The maximum atomic E-state index is 13.0. The molecular formula is C13H16F3N3O2. The molecule has 2 N–H and O–H groups in total. The minimum Gasteiger partial charge on any atom is -0.367 e. The first-order chi connectivity index (χ1) is 9.84. The van der Waals surface area contributed by atoms with Crippen molar-refractivity contribution in [2.75, 3.05) is 18.0 Å². The van der Waals surface area contributed by atoms with Gasteiger partial charge in [-0.3, -0.25) is 10.1 Å². The predicted octanol–water partition coefficient (Wildman–Crippen LogP) is 2.93. The molecule has 116 valence electrons. The molecule has 21 heavy (non-hydrogen) atoms. The molecule has 0 aliphatic carbocycles. The molecule has 1 aliphatic heterocycles. The van der Waals surface area contributed by atoms with Gasteiger partial charge in [-0.15, -0.1) is 0 Å². The van der Waals surface area contributed by atoms with Crippen molar-refractivity contribution in [2.24, 2.45) is 5.73 Å². The van der Waals surface area contributed by atoms with E-state index in [-0.39, 0.29) is 6.04 Å². The van der Waals surface area contributed by atoms with Gasteiger partial charge in [0.25, 0.3) is 5.69 Å². The van der Waals surface area contributed by atoms with Gasteiger partial charge in [0.15, 0.2) is 0 Å². The molecule has 1 fully saturated rings. The summed E-state index contributed by atoms with van der Waals surface area (Å²) in [4.78, 5) is 11.5. The van der Waals surface area contributed by atoms with E-state index in [2.05, 4.69) is 0 Å². The summed E-state index contributed by atoms with van der Waals surface area (Å²) in [5, 5.41) is 10.7. The van der Waals surface area contributed by atoms with E-state index in [9.17, 15) is 23.3 Å². The van der Waals surface area contributed by atoms with E-state index in [0.717, 1.165) is 31.4 Å². The van der Waals surface area contributed by atoms with E-state index in [1.54, 1.807) is 0 Å². The van der Waals surface area contributed by atoms with Crippen LogP contribution in [0.1, 0.15) is 24.8 Å². The third-order valence-electron chi connectivity index (χ3n) is 3.71. The van der Waals surface area contributed by atoms with Gasteiger partial charge in [-0.05, 0) is 31.4 Å². The highest BCUT2D eigenvalue weighted by molar-refractivity contribution is 5.57. The molecule has 1 aromatic carbocycles. The second kappa shape index (κ2) is 5.88. The number of halogens is 3. The monoisotopic (exact) mass is 303 g/mol. The topological polar surface area (TPSA) is 72.4 Å². The highest BCUT2D eigenvalue weighted by Crippen LogP contribution is 2.39. The second-order valence-electron chi connectivity index (χ2n) is 5.04. The van der Waals surface area contributed by atoms with Crippen LogP contribution in [0.2, 0.25) is 0 Å². The first-order valence-corrected chi connectivity index (χ1v) is 6.67. The van der Waals surface area contributed by atoms with Crippen molar-refractivity contribution < 1.29 is 18.1 Å². The first kappa shape index (κ1) is 15.6. The van der Waals surface area contributed by atoms with Crippen molar-refractivity contribution >= 4 is 11.4 Å². The van der Waals surface area contributed by atoms with Gasteiger partial charge in [0.05, 0.1) is 4.92 Å². The Morgan fingerprint density at radius 2 is 2.10 bits per heavy atom. The number of piperidine rings is 1. The molecule has 1 unspecified atom stereocenters. The van der Waals surface area contributed by atoms with Gasteiger partial charge in [0.1, 0.15) is 5.56 Å². The van der Waals surface area contributed by atoms with E-state index in [1.165, 1.54) is 6.07 Å². The number of alkyl halides is 3. The SMILES string of the molecule is NCC1CCCCN1c1ccc([N+](=O)[O-])c(C(F)(F)F)c1. The zero-order chi connectivity index (χ0) is 15.6. The zero-order valence-corrected chi connectivity index (χ0v) is 11.3. The minimum absolute atomic E-state index is 0.0266. The molecule has 1 aromatic rings. The molecular weight excluding hydrogens is 287 g/mol. The number of rotatable bonds is 3. The van der Waals surface area contributed by atoms with Crippen LogP contribution < -0.4 is 10.6 Å². The summed E-state index contributed by atoms with van der Waals surface area (Å²) in [7, 11) is 0. The molecule has 0 spiro atoms. The Bertz CT molecular complexity index is 534. The highest BCUT2D eigenvalue weighted by Gasteiger charge is 2.39. The van der Waals surface area contributed by atoms with Crippen LogP contribution in [0.4, 0.5) is 24.5 Å². The molecule has 2 rings (SSSR count). The summed E-state index contributed by atoms with van der Waals surface area (Å²) in [5.74, 6) is 0. The fourth-order valence-corrected chi connectivity index (χ4v) is 2.67. The molecule has 1 aliphatic rings. The predicted molar refractivity (Wildman–Crippen MR) is 72.1 cm³/mol. The maximum absolute atomic E-state index is 13.0. The molecule has 0 radical (unpaired) electrons. The Morgan fingerprint density at radius 1 is 1.38 bits per heavy atom. The van der Waals surface area contributed by atoms with Crippen molar-refractivity contribution in [2.45, 2.75) is 31.5 Å². The third kappa shape index (κ3) is 3.26. The van der Waals surface area contributed by atoms with Gasteiger partial charge in [-0.25, -0.2) is 0 Å². The maximum Gasteiger partial charge on any atom is 0.423 e. The first-order valence-electron chi connectivity index (χ1n) is 6.67. The van der Waals surface area contributed by atoms with Crippen molar-refractivity contribution in [3.05, 3.63) is 33.9 Å². The quantitative estimate of drug-likeness (QED) is 0.688. The van der Waals surface area contributed by atoms with E-state index >= 15 is 0 Å². The number of nitrogens with zero attached hydrogens (tertiary/aromatic N) is 2. The number of hydrogen-bond donors (Lipinski definition) is 1. The fourth-order valence-electron chi connectivity index (χ4n) is 2.67. The van der Waals surface area contributed by atoms with Crippen LogP contribution >= 0.6 is 0 Å². The lowest BCUT2D eigenvalue weighted by Gasteiger charge is -2.37. The summed E-state index contributed by atoms with van der Waals surface area (Å²) in [6.45, 7) is 0.954. The van der Waals surface area contributed by atoms with Gasteiger partial charge >= 0.3 is 6.18 Å². The molecule has 1 heterocycles. The Balaban J connectivity index is 2.44. The molecule has 0 bridgehead atoms. The third-order valence-corrected chi connectivity index (χ3v) is 3.71. The average Bonchev–Trinajstić information content (AvgIpc) is 2.45. The van der Waals surface area contributed by atoms with Gasteiger partial charge in [0, 0.05) is 30.9 Å². The number of nitrogens with two attached hydrogens (primary N) is 1. The molecule has 1 atom stereocenters. The van der Waals surface area contributed by atoms with Crippen molar-refractivity contribution in [3.63, 3.8) is 0 Å². The van der Waals surface area contributed by atoms with E-state index in [1.807, 2.05) is 4.90 Å². The van der Waals surface area contributed by atoms with Crippen molar-refractivity contribution in [3.8, 4) is 0 Å². The normalized spacial score (nSPS) is 19.6. The summed E-state index contributed by atoms with van der Waals surface area (Å²) in [6.07, 6.45) is -2.09. The van der Waals surface area contributed by atoms with Gasteiger partial charge in [-0.1, -0.05) is 0 Å². The summed E-state index contributed by atoms with van der Waals surface area (Å²) >= 11 is 0. The van der Waals surface area contributed by atoms with Crippen molar-refractivity contribution in [1.29, 1.82) is 0 Å². The average molecular weight is 303 g/mol. The van der Waals surface area contributed by atoms with E-state index in [0.29, 0.717) is 18.8 Å². The summed E-state index contributed by atoms with van der Waals surface area (Å²) < 4.78 is 39.0. The van der Waals surface area contributed by atoms with Crippen LogP contribution in [0, 0.1) is 10.1 Å². The summed E-state index contributed by atoms with van der Waals surface area (Å²) in [5.41, 5.74) is 3.86. The van der Waals surface area contributed by atoms with Crippen LogP contribution in [0.3, 0.4) is 0 Å². The summed E-state index contributed by atoms with van der Waals surface area (Å²) in [6, 6.07) is 3.11. The number of hydrogen-bond acceptors (Lipinski definition) is 4. The lowest BCUT2D eigenvalue weighted by atomic mass is 10.0. The fraction of sp³-hybridized carbons (Fsp3) is 0.538. The molecule has 0 saturated carbocycles. The zero-order valence-electron chi connectivity index (χ0n) is 11.3. The number of nitro benzene ring substituents is 1. The van der Waals surface area contributed by atoms with E-state index < -0.39 is 22.4 Å². The lowest BCUT2D eigenvalue weighted by molar-refractivity contribution is -0.388. The Labute approximate surface area is 119 Å². The van der Waals surface area contributed by atoms with Crippen LogP contribution in [0.5, 0.6) is 0 Å².